The zero-order valence-corrected chi connectivity index (χ0v) is 21.4. The Morgan fingerprint density at radius 1 is 1.19 bits per heavy atom. The quantitative estimate of drug-likeness (QED) is 0.411. The van der Waals surface area contributed by atoms with Crippen LogP contribution in [0.25, 0.3) is 11.0 Å². The average Bonchev–Trinajstić information content (AvgIpc) is 3.32. The van der Waals surface area contributed by atoms with Gasteiger partial charge in [-0.3, -0.25) is 4.79 Å². The molecule has 2 atom stereocenters. The molecular weight excluding hydrogens is 477 g/mol. The first-order chi connectivity index (χ1) is 18.1. The Labute approximate surface area is 216 Å². The fraction of sp³-hybridized carbons (Fsp3) is 0.500. The van der Waals surface area contributed by atoms with Crippen LogP contribution in [-0.4, -0.2) is 63.0 Å². The second kappa shape index (κ2) is 11.5. The number of amides is 1. The topological polar surface area (TPSA) is 86.1 Å². The van der Waals surface area contributed by atoms with E-state index in [2.05, 4.69) is 15.4 Å². The van der Waals surface area contributed by atoms with Crippen LogP contribution in [0.4, 0.5) is 4.39 Å². The van der Waals surface area contributed by atoms with Gasteiger partial charge >= 0.3 is 0 Å². The molecule has 198 valence electrons. The Balaban J connectivity index is 1.18. The normalized spacial score (nSPS) is 20.5. The second-order valence-corrected chi connectivity index (χ2v) is 9.81. The second-order valence-electron chi connectivity index (χ2n) is 9.81. The highest BCUT2D eigenvalue weighted by Gasteiger charge is 2.36. The van der Waals surface area contributed by atoms with E-state index in [0.717, 1.165) is 79.7 Å². The first-order valence-corrected chi connectivity index (χ1v) is 12.9. The number of ether oxygens (including phenoxy) is 3. The van der Waals surface area contributed by atoms with Crippen LogP contribution in [-0.2, 0) is 22.4 Å². The number of rotatable bonds is 10. The summed E-state index contributed by atoms with van der Waals surface area (Å²) in [6.07, 6.45) is 5.17. The molecule has 2 aromatic carbocycles. The minimum atomic E-state index is -0.313. The summed E-state index contributed by atoms with van der Waals surface area (Å²) in [6, 6.07) is 8.49. The molecule has 2 aliphatic rings. The number of fused-ring (bicyclic) bond motifs is 2. The molecule has 8 nitrogen and oxygen atoms in total. The number of likely N-dealkylation sites (tertiary alicyclic amines) is 1. The molecule has 37 heavy (non-hydrogen) atoms. The van der Waals surface area contributed by atoms with Gasteiger partial charge in [-0.15, -0.1) is 0 Å². The van der Waals surface area contributed by atoms with Gasteiger partial charge < -0.3 is 29.0 Å². The number of carbonyl (C=O) groups excluding carboxylic acids is 1. The molecule has 0 bridgehead atoms. The van der Waals surface area contributed by atoms with Gasteiger partial charge in [0.05, 0.1) is 26.0 Å². The molecule has 0 aliphatic carbocycles. The van der Waals surface area contributed by atoms with Crippen LogP contribution in [0.3, 0.4) is 0 Å². The van der Waals surface area contributed by atoms with Crippen molar-refractivity contribution in [2.45, 2.75) is 44.3 Å². The molecule has 0 saturated carbocycles. The third kappa shape index (κ3) is 5.43. The first-order valence-electron chi connectivity index (χ1n) is 12.9. The number of nitrogens with one attached hydrogen (secondary N) is 1. The molecule has 1 fully saturated rings. The van der Waals surface area contributed by atoms with Crippen LogP contribution >= 0.6 is 0 Å². The van der Waals surface area contributed by atoms with E-state index in [1.165, 1.54) is 12.1 Å². The fourth-order valence-electron chi connectivity index (χ4n) is 5.81. The minimum Gasteiger partial charge on any atom is -0.493 e. The highest BCUT2D eigenvalue weighted by Crippen LogP contribution is 2.43. The van der Waals surface area contributed by atoms with E-state index in [1.54, 1.807) is 20.3 Å². The molecule has 1 N–H and O–H groups in total. The number of hydrogen-bond donors (Lipinski definition) is 1. The Hall–Kier alpha value is -3.17. The lowest BCUT2D eigenvalue weighted by Crippen LogP contribution is -2.42. The van der Waals surface area contributed by atoms with E-state index in [4.69, 9.17) is 18.7 Å². The van der Waals surface area contributed by atoms with Crippen LogP contribution in [0, 0.1) is 11.7 Å². The van der Waals surface area contributed by atoms with Gasteiger partial charge in [0.2, 0.25) is 6.41 Å². The standard InChI is InChI=1S/C28H34FN3O5/c1-34-24-8-7-20-22(28(24)35-2)15-25(36-27(20)16-30-17-33)18-9-12-32(13-10-18)11-3-4-23-21-6-5-19(29)14-26(21)37-31-23/h5-8,14,17-18,25,27H,3-4,9-13,15-16H2,1-2H3,(H,30,33)/t25-,27-/m1/s1. The maximum absolute atomic E-state index is 13.4. The van der Waals surface area contributed by atoms with Crippen molar-refractivity contribution < 1.29 is 27.9 Å². The Morgan fingerprint density at radius 2 is 2.03 bits per heavy atom. The van der Waals surface area contributed by atoms with Gasteiger partial charge in [-0.2, -0.15) is 0 Å². The highest BCUT2D eigenvalue weighted by atomic mass is 19.1. The lowest BCUT2D eigenvalue weighted by Gasteiger charge is -2.41. The molecule has 3 aromatic rings. The molecule has 0 unspecified atom stereocenters. The van der Waals surface area contributed by atoms with Crippen molar-refractivity contribution in [3.63, 3.8) is 0 Å². The third-order valence-electron chi connectivity index (χ3n) is 7.72. The van der Waals surface area contributed by atoms with Gasteiger partial charge in [-0.1, -0.05) is 11.2 Å². The highest BCUT2D eigenvalue weighted by molar-refractivity contribution is 5.79. The van der Waals surface area contributed by atoms with Crippen molar-refractivity contribution in [3.8, 4) is 11.5 Å². The van der Waals surface area contributed by atoms with E-state index in [-0.39, 0.29) is 18.0 Å². The predicted octanol–water partition coefficient (Wildman–Crippen LogP) is 4.06. The van der Waals surface area contributed by atoms with Crippen LogP contribution in [0.5, 0.6) is 11.5 Å². The molecule has 3 heterocycles. The number of aromatic nitrogens is 1. The maximum Gasteiger partial charge on any atom is 0.207 e. The summed E-state index contributed by atoms with van der Waals surface area (Å²) >= 11 is 0. The molecule has 9 heteroatoms. The number of aryl methyl sites for hydroxylation is 1. The monoisotopic (exact) mass is 511 g/mol. The SMILES string of the molecule is COc1ccc2c(c1OC)C[C@H](C1CCN(CCCc3noc4cc(F)ccc34)CC1)O[C@@H]2CNC=O. The Morgan fingerprint density at radius 3 is 2.78 bits per heavy atom. The number of piperidine rings is 1. The van der Waals surface area contributed by atoms with Gasteiger partial charge in [-0.05, 0) is 75.0 Å². The van der Waals surface area contributed by atoms with Crippen LogP contribution in [0.1, 0.15) is 42.2 Å². The lowest BCUT2D eigenvalue weighted by molar-refractivity contribution is -0.111. The van der Waals surface area contributed by atoms with Crippen LogP contribution in [0.15, 0.2) is 34.9 Å². The summed E-state index contributed by atoms with van der Waals surface area (Å²) in [5.74, 6) is 1.58. The molecular formula is C28H34FN3O5. The molecule has 2 aliphatic heterocycles. The predicted molar refractivity (Wildman–Crippen MR) is 136 cm³/mol. The number of benzene rings is 2. The zero-order valence-electron chi connectivity index (χ0n) is 21.4. The van der Waals surface area contributed by atoms with Gasteiger partial charge in [0.15, 0.2) is 17.1 Å². The number of methoxy groups -OCH3 is 2. The van der Waals surface area contributed by atoms with Crippen molar-refractivity contribution in [1.29, 1.82) is 0 Å². The molecule has 0 spiro atoms. The van der Waals surface area contributed by atoms with E-state index in [0.29, 0.717) is 30.2 Å². The number of nitrogens with zero attached hydrogens (tertiary/aromatic N) is 2. The van der Waals surface area contributed by atoms with Crippen LogP contribution in [0.2, 0.25) is 0 Å². The zero-order chi connectivity index (χ0) is 25.8. The van der Waals surface area contributed by atoms with Gasteiger partial charge in [0.25, 0.3) is 0 Å². The van der Waals surface area contributed by atoms with Crippen molar-refractivity contribution in [3.05, 3.63) is 53.0 Å². The van der Waals surface area contributed by atoms with Crippen molar-refractivity contribution in [1.82, 2.24) is 15.4 Å². The van der Waals surface area contributed by atoms with E-state index >= 15 is 0 Å². The molecule has 1 saturated heterocycles. The van der Waals surface area contributed by atoms with Crippen molar-refractivity contribution in [2.24, 2.45) is 5.92 Å². The minimum absolute atomic E-state index is 0.0519. The number of carbonyl (C=O) groups is 1. The summed E-state index contributed by atoms with van der Waals surface area (Å²) in [6.45, 7) is 3.42. The summed E-state index contributed by atoms with van der Waals surface area (Å²) in [7, 11) is 3.31. The summed E-state index contributed by atoms with van der Waals surface area (Å²) < 4.78 is 36.5. The van der Waals surface area contributed by atoms with Crippen molar-refractivity contribution >= 4 is 17.4 Å². The summed E-state index contributed by atoms with van der Waals surface area (Å²) in [5.41, 5.74) is 3.54. The smallest absolute Gasteiger partial charge is 0.207 e. The largest absolute Gasteiger partial charge is 0.493 e. The fourth-order valence-corrected chi connectivity index (χ4v) is 5.81. The van der Waals surface area contributed by atoms with E-state index < -0.39 is 0 Å². The third-order valence-corrected chi connectivity index (χ3v) is 7.72. The Kier molecular flexibility index (Phi) is 7.90. The summed E-state index contributed by atoms with van der Waals surface area (Å²) in [5, 5.41) is 7.82. The van der Waals surface area contributed by atoms with E-state index in [1.807, 2.05) is 12.1 Å². The van der Waals surface area contributed by atoms with Crippen LogP contribution < -0.4 is 14.8 Å². The molecule has 1 aromatic heterocycles. The van der Waals surface area contributed by atoms with Crippen molar-refractivity contribution in [2.75, 3.05) is 40.4 Å². The molecule has 1 amide bonds. The molecule has 0 radical (unpaired) electrons. The van der Waals surface area contributed by atoms with E-state index in [9.17, 15) is 9.18 Å². The number of halogens is 1. The molecule has 5 rings (SSSR count). The maximum atomic E-state index is 13.4. The van der Waals surface area contributed by atoms with Gasteiger partial charge in [0.1, 0.15) is 11.9 Å². The van der Waals surface area contributed by atoms with Gasteiger partial charge in [-0.25, -0.2) is 4.39 Å². The lowest BCUT2D eigenvalue weighted by atomic mass is 9.83. The number of hydrogen-bond acceptors (Lipinski definition) is 7. The van der Waals surface area contributed by atoms with Gasteiger partial charge in [0, 0.05) is 30.0 Å². The average molecular weight is 512 g/mol. The first kappa shape index (κ1) is 25.5. The summed E-state index contributed by atoms with van der Waals surface area (Å²) in [4.78, 5) is 13.5. The Bertz CT molecular complexity index is 1220.